The van der Waals surface area contributed by atoms with Crippen molar-refractivity contribution in [1.29, 1.82) is 0 Å². The number of carbonyl (C=O) groups is 1. The van der Waals surface area contributed by atoms with Gasteiger partial charge < -0.3 is 14.8 Å². The van der Waals surface area contributed by atoms with Crippen LogP contribution in [0.25, 0.3) is 0 Å². The van der Waals surface area contributed by atoms with Gasteiger partial charge in [-0.2, -0.15) is 0 Å². The van der Waals surface area contributed by atoms with E-state index in [9.17, 15) is 4.79 Å². The maximum atomic E-state index is 12.4. The van der Waals surface area contributed by atoms with Gasteiger partial charge in [0.2, 0.25) is 0 Å². The molecule has 5 heteroatoms. The Labute approximate surface area is 160 Å². The molecule has 1 amide bonds. The van der Waals surface area contributed by atoms with E-state index in [2.05, 4.69) is 5.32 Å². The van der Waals surface area contributed by atoms with E-state index in [4.69, 9.17) is 21.1 Å². The molecule has 0 saturated carbocycles. The van der Waals surface area contributed by atoms with Crippen LogP contribution in [0.15, 0.2) is 36.4 Å². The summed E-state index contributed by atoms with van der Waals surface area (Å²) >= 11 is 6.17. The lowest BCUT2D eigenvalue weighted by atomic mass is 10.1. The molecule has 0 aromatic heterocycles. The van der Waals surface area contributed by atoms with Crippen LogP contribution >= 0.6 is 11.6 Å². The molecule has 2 aromatic rings. The van der Waals surface area contributed by atoms with E-state index >= 15 is 0 Å². The summed E-state index contributed by atoms with van der Waals surface area (Å²) in [6.45, 7) is 9.84. The number of nitrogens with one attached hydrogen (secondary N) is 1. The fourth-order valence-electron chi connectivity index (χ4n) is 2.57. The van der Waals surface area contributed by atoms with Gasteiger partial charge in [0.25, 0.3) is 5.91 Å². The van der Waals surface area contributed by atoms with E-state index in [-0.39, 0.29) is 11.9 Å². The van der Waals surface area contributed by atoms with Crippen molar-refractivity contribution in [1.82, 2.24) is 5.32 Å². The number of rotatable bonds is 7. The first-order valence-electron chi connectivity index (χ1n) is 8.70. The molecule has 4 nitrogen and oxygen atoms in total. The predicted octanol–water partition coefficient (Wildman–Crippen LogP) is 4.62. The van der Waals surface area contributed by atoms with Crippen molar-refractivity contribution < 1.29 is 14.3 Å². The van der Waals surface area contributed by atoms with Crippen LogP contribution in [-0.4, -0.2) is 24.7 Å². The van der Waals surface area contributed by atoms with Gasteiger partial charge in [-0.1, -0.05) is 29.8 Å². The summed E-state index contributed by atoms with van der Waals surface area (Å²) in [5.74, 6) is 1.28. The average Bonchev–Trinajstić information content (AvgIpc) is 2.58. The van der Waals surface area contributed by atoms with Crippen molar-refractivity contribution in [3.63, 3.8) is 0 Å². The van der Waals surface area contributed by atoms with Crippen LogP contribution in [0.5, 0.6) is 11.5 Å². The first-order chi connectivity index (χ1) is 12.3. The second-order valence-electron chi connectivity index (χ2n) is 6.62. The van der Waals surface area contributed by atoms with Crippen LogP contribution in [0.4, 0.5) is 0 Å². The Bertz CT molecular complexity index is 753. The van der Waals surface area contributed by atoms with Crippen LogP contribution in [-0.2, 0) is 4.79 Å². The number of carbonyl (C=O) groups excluding carboxylic acids is 1. The summed E-state index contributed by atoms with van der Waals surface area (Å²) < 4.78 is 11.5. The fourth-order valence-corrected chi connectivity index (χ4v) is 2.68. The second kappa shape index (κ2) is 8.95. The standard InChI is InChI=1S/C21H26ClNO3/c1-13-8-6-7-9-19(13)25-12-16(4)23-21(24)17(5)26-18-10-14(2)20(22)15(3)11-18/h6-11,16-17H,12H2,1-5H3,(H,23,24)/t16-,17-/m0/s1. The van der Waals surface area contributed by atoms with E-state index in [1.54, 1.807) is 6.92 Å². The Kier molecular flexibility index (Phi) is 6.92. The summed E-state index contributed by atoms with van der Waals surface area (Å²) in [4.78, 5) is 12.4. The number of benzene rings is 2. The van der Waals surface area contributed by atoms with Gasteiger partial charge >= 0.3 is 0 Å². The molecular weight excluding hydrogens is 350 g/mol. The number of halogens is 1. The number of hydrogen-bond acceptors (Lipinski definition) is 3. The maximum absolute atomic E-state index is 12.4. The van der Waals surface area contributed by atoms with Crippen molar-refractivity contribution in [3.05, 3.63) is 58.1 Å². The van der Waals surface area contributed by atoms with Crippen LogP contribution in [0.1, 0.15) is 30.5 Å². The molecule has 26 heavy (non-hydrogen) atoms. The molecule has 2 aromatic carbocycles. The van der Waals surface area contributed by atoms with Crippen molar-refractivity contribution in [2.24, 2.45) is 0 Å². The SMILES string of the molecule is Cc1ccccc1OC[C@H](C)NC(=O)[C@H](C)Oc1cc(C)c(Cl)c(C)c1. The number of aryl methyl sites for hydroxylation is 3. The Balaban J connectivity index is 1.87. The van der Waals surface area contributed by atoms with Crippen LogP contribution < -0.4 is 14.8 Å². The summed E-state index contributed by atoms with van der Waals surface area (Å²) in [7, 11) is 0. The third kappa shape index (κ3) is 5.40. The molecule has 0 aliphatic carbocycles. The van der Waals surface area contributed by atoms with Gasteiger partial charge in [0.15, 0.2) is 6.10 Å². The molecule has 0 aliphatic rings. The van der Waals surface area contributed by atoms with E-state index in [1.165, 1.54) is 0 Å². The van der Waals surface area contributed by atoms with Crippen molar-refractivity contribution in [2.45, 2.75) is 46.8 Å². The van der Waals surface area contributed by atoms with Gasteiger partial charge in [-0.25, -0.2) is 0 Å². The number of amides is 1. The van der Waals surface area contributed by atoms with Crippen molar-refractivity contribution in [3.8, 4) is 11.5 Å². The molecule has 1 N–H and O–H groups in total. The van der Waals surface area contributed by atoms with Gasteiger partial charge in [-0.05, 0) is 69.5 Å². The van der Waals surface area contributed by atoms with E-state index in [1.807, 2.05) is 64.1 Å². The molecular formula is C21H26ClNO3. The highest BCUT2D eigenvalue weighted by atomic mass is 35.5. The molecule has 0 radical (unpaired) electrons. The quantitative estimate of drug-likeness (QED) is 0.768. The van der Waals surface area contributed by atoms with Crippen LogP contribution in [0.3, 0.4) is 0 Å². The highest BCUT2D eigenvalue weighted by molar-refractivity contribution is 6.32. The minimum atomic E-state index is -0.615. The highest BCUT2D eigenvalue weighted by Crippen LogP contribution is 2.26. The molecule has 0 saturated heterocycles. The number of ether oxygens (including phenoxy) is 2. The van der Waals surface area contributed by atoms with Gasteiger partial charge in [-0.3, -0.25) is 4.79 Å². The summed E-state index contributed by atoms with van der Waals surface area (Å²) in [5.41, 5.74) is 2.92. The van der Waals surface area contributed by atoms with E-state index in [0.29, 0.717) is 12.4 Å². The highest BCUT2D eigenvalue weighted by Gasteiger charge is 2.18. The van der Waals surface area contributed by atoms with Gasteiger partial charge in [0.05, 0.1) is 6.04 Å². The predicted molar refractivity (Wildman–Crippen MR) is 105 cm³/mol. The molecule has 0 aliphatic heterocycles. The zero-order valence-electron chi connectivity index (χ0n) is 15.9. The lowest BCUT2D eigenvalue weighted by Crippen LogP contribution is -2.43. The number of para-hydroxylation sites is 1. The third-order valence-corrected chi connectivity index (χ3v) is 4.66. The van der Waals surface area contributed by atoms with E-state index < -0.39 is 6.10 Å². The minimum Gasteiger partial charge on any atom is -0.491 e. The maximum Gasteiger partial charge on any atom is 0.261 e. The lowest BCUT2D eigenvalue weighted by Gasteiger charge is -2.20. The second-order valence-corrected chi connectivity index (χ2v) is 7.00. The molecule has 0 unspecified atom stereocenters. The molecule has 0 fully saturated rings. The summed E-state index contributed by atoms with van der Waals surface area (Å²) in [5, 5.41) is 3.63. The first kappa shape index (κ1) is 20.1. The summed E-state index contributed by atoms with van der Waals surface area (Å²) in [6.07, 6.45) is -0.615. The Morgan fingerprint density at radius 3 is 2.31 bits per heavy atom. The molecule has 140 valence electrons. The molecule has 2 atom stereocenters. The molecule has 2 rings (SSSR count). The van der Waals surface area contributed by atoms with Gasteiger partial charge in [0, 0.05) is 5.02 Å². The largest absolute Gasteiger partial charge is 0.491 e. The normalized spacial score (nSPS) is 13.0. The molecule has 0 heterocycles. The number of hydrogen-bond donors (Lipinski definition) is 1. The minimum absolute atomic E-state index is 0.137. The fraction of sp³-hybridized carbons (Fsp3) is 0.381. The monoisotopic (exact) mass is 375 g/mol. The molecule has 0 bridgehead atoms. The third-order valence-electron chi connectivity index (χ3n) is 4.06. The smallest absolute Gasteiger partial charge is 0.261 e. The Morgan fingerprint density at radius 1 is 1.08 bits per heavy atom. The zero-order valence-corrected chi connectivity index (χ0v) is 16.7. The van der Waals surface area contributed by atoms with E-state index in [0.717, 1.165) is 27.5 Å². The first-order valence-corrected chi connectivity index (χ1v) is 9.08. The van der Waals surface area contributed by atoms with Crippen molar-refractivity contribution in [2.75, 3.05) is 6.61 Å². The Morgan fingerprint density at radius 2 is 1.69 bits per heavy atom. The van der Waals surface area contributed by atoms with Crippen LogP contribution in [0.2, 0.25) is 5.02 Å². The van der Waals surface area contributed by atoms with Crippen LogP contribution in [0, 0.1) is 20.8 Å². The topological polar surface area (TPSA) is 47.6 Å². The zero-order chi connectivity index (χ0) is 19.3. The molecule has 0 spiro atoms. The van der Waals surface area contributed by atoms with Crippen molar-refractivity contribution >= 4 is 17.5 Å². The lowest BCUT2D eigenvalue weighted by molar-refractivity contribution is -0.128. The summed E-state index contributed by atoms with van der Waals surface area (Å²) in [6, 6.07) is 11.3. The average molecular weight is 376 g/mol. The Hall–Kier alpha value is -2.20. The van der Waals surface area contributed by atoms with Gasteiger partial charge in [-0.15, -0.1) is 0 Å². The van der Waals surface area contributed by atoms with Gasteiger partial charge in [0.1, 0.15) is 18.1 Å².